The van der Waals surface area contributed by atoms with E-state index in [0.717, 1.165) is 11.4 Å². The largest absolute Gasteiger partial charge is 0.482 e. The third-order valence-electron chi connectivity index (χ3n) is 3.80. The first-order valence-electron chi connectivity index (χ1n) is 8.44. The second kappa shape index (κ2) is 8.12. The van der Waals surface area contributed by atoms with E-state index in [0.29, 0.717) is 5.82 Å². The maximum Gasteiger partial charge on any atom is 0.422 e. The van der Waals surface area contributed by atoms with Crippen molar-refractivity contribution in [2.45, 2.75) is 20.0 Å². The molecule has 0 aliphatic carbocycles. The smallest absolute Gasteiger partial charge is 0.422 e. The highest BCUT2D eigenvalue weighted by Gasteiger charge is 2.29. The second-order valence-corrected chi connectivity index (χ2v) is 6.60. The van der Waals surface area contributed by atoms with Crippen LogP contribution in [0.3, 0.4) is 0 Å². The Bertz CT molecular complexity index is 1050. The third kappa shape index (κ3) is 5.05. The minimum Gasteiger partial charge on any atom is -0.482 e. The number of pyridine rings is 1. The number of alkyl halides is 3. The highest BCUT2D eigenvalue weighted by molar-refractivity contribution is 6.34. The molecule has 0 saturated heterocycles. The van der Waals surface area contributed by atoms with Gasteiger partial charge in [-0.3, -0.25) is 4.79 Å². The molecule has 1 aromatic carbocycles. The molecule has 10 heteroatoms. The van der Waals surface area contributed by atoms with E-state index < -0.39 is 18.7 Å². The molecule has 0 radical (unpaired) electrons. The van der Waals surface area contributed by atoms with E-state index in [-0.39, 0.29) is 22.2 Å². The van der Waals surface area contributed by atoms with E-state index in [2.05, 4.69) is 15.4 Å². The molecule has 0 saturated carbocycles. The maximum atomic E-state index is 12.7. The van der Waals surface area contributed by atoms with Crippen molar-refractivity contribution >= 4 is 23.2 Å². The van der Waals surface area contributed by atoms with Crippen LogP contribution in [-0.4, -0.2) is 33.5 Å². The summed E-state index contributed by atoms with van der Waals surface area (Å²) in [6.45, 7) is 2.18. The van der Waals surface area contributed by atoms with E-state index >= 15 is 0 Å². The molecule has 2 aromatic heterocycles. The molecule has 29 heavy (non-hydrogen) atoms. The number of ether oxygens (including phenoxy) is 1. The predicted octanol–water partition coefficient (Wildman–Crippen LogP) is 4.73. The highest BCUT2D eigenvalue weighted by atomic mass is 35.5. The molecule has 1 amide bonds. The number of aromatic nitrogens is 3. The summed E-state index contributed by atoms with van der Waals surface area (Å²) in [5.74, 6) is -0.433. The Hall–Kier alpha value is -3.07. The van der Waals surface area contributed by atoms with Gasteiger partial charge in [-0.2, -0.15) is 18.3 Å². The number of hydrogen-bond donors (Lipinski definition) is 1. The Morgan fingerprint density at radius 3 is 2.59 bits per heavy atom. The van der Waals surface area contributed by atoms with E-state index in [4.69, 9.17) is 16.3 Å². The zero-order chi connectivity index (χ0) is 21.2. The number of anilines is 1. The standard InChI is InChI=1S/C19H16ClF3N4O2/c1-11-9-12(2)27(26-11)16-8-7-13(20)17(25-16)18(28)24-14-5-3-4-6-15(14)29-10-19(21,22)23/h3-9H,10H2,1-2H3,(H,24,28). The monoisotopic (exact) mass is 424 g/mol. The van der Waals surface area contributed by atoms with Crippen LogP contribution in [0, 0.1) is 13.8 Å². The number of hydrogen-bond acceptors (Lipinski definition) is 4. The van der Waals surface area contributed by atoms with Crippen molar-refractivity contribution in [3.63, 3.8) is 0 Å². The van der Waals surface area contributed by atoms with Gasteiger partial charge in [0.15, 0.2) is 12.4 Å². The molecule has 2 heterocycles. The van der Waals surface area contributed by atoms with Crippen molar-refractivity contribution in [1.82, 2.24) is 14.8 Å². The summed E-state index contributed by atoms with van der Waals surface area (Å²) >= 11 is 6.12. The van der Waals surface area contributed by atoms with Crippen LogP contribution in [0.2, 0.25) is 5.02 Å². The van der Waals surface area contributed by atoms with Crippen molar-refractivity contribution in [2.75, 3.05) is 11.9 Å². The number of halogens is 4. The Morgan fingerprint density at radius 1 is 1.21 bits per heavy atom. The van der Waals surface area contributed by atoms with Crippen LogP contribution >= 0.6 is 11.6 Å². The van der Waals surface area contributed by atoms with Gasteiger partial charge < -0.3 is 10.1 Å². The van der Waals surface area contributed by atoms with Gasteiger partial charge in [0.05, 0.1) is 16.4 Å². The van der Waals surface area contributed by atoms with E-state index in [9.17, 15) is 18.0 Å². The van der Waals surface area contributed by atoms with Gasteiger partial charge in [0.25, 0.3) is 5.91 Å². The number of carbonyl (C=O) groups is 1. The SMILES string of the molecule is Cc1cc(C)n(-c2ccc(Cl)c(C(=O)Nc3ccccc3OCC(F)(F)F)n2)n1. The zero-order valence-corrected chi connectivity index (χ0v) is 16.2. The number of nitrogens with zero attached hydrogens (tertiary/aromatic N) is 3. The summed E-state index contributed by atoms with van der Waals surface area (Å²) < 4.78 is 43.7. The lowest BCUT2D eigenvalue weighted by Gasteiger charge is -2.14. The molecule has 0 aliphatic rings. The first-order valence-corrected chi connectivity index (χ1v) is 8.82. The van der Waals surface area contributed by atoms with Crippen molar-refractivity contribution < 1.29 is 22.7 Å². The number of aryl methyl sites for hydroxylation is 2. The van der Waals surface area contributed by atoms with E-state index in [1.165, 1.54) is 24.3 Å². The fourth-order valence-electron chi connectivity index (χ4n) is 2.61. The van der Waals surface area contributed by atoms with Crippen LogP contribution in [0.15, 0.2) is 42.5 Å². The van der Waals surface area contributed by atoms with Gasteiger partial charge in [-0.25, -0.2) is 9.67 Å². The van der Waals surface area contributed by atoms with Crippen molar-refractivity contribution in [2.24, 2.45) is 0 Å². The van der Waals surface area contributed by atoms with Crippen LogP contribution in [0.25, 0.3) is 5.82 Å². The quantitative estimate of drug-likeness (QED) is 0.642. The summed E-state index contributed by atoms with van der Waals surface area (Å²) in [7, 11) is 0. The van der Waals surface area contributed by atoms with Gasteiger partial charge in [0, 0.05) is 5.69 Å². The third-order valence-corrected chi connectivity index (χ3v) is 4.10. The molecule has 0 spiro atoms. The van der Waals surface area contributed by atoms with Gasteiger partial charge in [-0.15, -0.1) is 0 Å². The van der Waals surface area contributed by atoms with E-state index in [1.54, 1.807) is 16.8 Å². The molecule has 0 unspecified atom stereocenters. The summed E-state index contributed by atoms with van der Waals surface area (Å²) in [6.07, 6.45) is -4.50. The average molecular weight is 425 g/mol. The molecule has 0 bridgehead atoms. The first kappa shape index (κ1) is 20.7. The number of amides is 1. The number of nitrogens with one attached hydrogen (secondary N) is 1. The molecule has 0 fully saturated rings. The zero-order valence-electron chi connectivity index (χ0n) is 15.4. The van der Waals surface area contributed by atoms with Crippen LogP contribution < -0.4 is 10.1 Å². The lowest BCUT2D eigenvalue weighted by molar-refractivity contribution is -0.153. The number of rotatable bonds is 5. The first-order chi connectivity index (χ1) is 13.6. The number of para-hydroxylation sites is 2. The fraction of sp³-hybridized carbons (Fsp3) is 0.211. The minimum atomic E-state index is -4.50. The van der Waals surface area contributed by atoms with Gasteiger partial charge >= 0.3 is 6.18 Å². The maximum absolute atomic E-state index is 12.7. The summed E-state index contributed by atoms with van der Waals surface area (Å²) in [4.78, 5) is 17.0. The van der Waals surface area contributed by atoms with Crippen molar-refractivity contribution in [1.29, 1.82) is 0 Å². The Balaban J connectivity index is 1.87. The lowest BCUT2D eigenvalue weighted by atomic mass is 10.2. The topological polar surface area (TPSA) is 69.0 Å². The fourth-order valence-corrected chi connectivity index (χ4v) is 2.80. The molecular formula is C19H16ClF3N4O2. The number of benzene rings is 1. The van der Waals surface area contributed by atoms with Crippen molar-refractivity contribution in [3.8, 4) is 11.6 Å². The Morgan fingerprint density at radius 2 is 1.93 bits per heavy atom. The minimum absolute atomic E-state index is 0.0659. The van der Waals surface area contributed by atoms with E-state index in [1.807, 2.05) is 19.9 Å². The molecular weight excluding hydrogens is 409 g/mol. The predicted molar refractivity (Wildman–Crippen MR) is 102 cm³/mol. The van der Waals surface area contributed by atoms with Crippen LogP contribution in [0.4, 0.5) is 18.9 Å². The van der Waals surface area contributed by atoms with Crippen LogP contribution in [0.1, 0.15) is 21.9 Å². The van der Waals surface area contributed by atoms with Gasteiger partial charge in [-0.05, 0) is 44.2 Å². The Kier molecular flexibility index (Phi) is 5.78. The van der Waals surface area contributed by atoms with Crippen molar-refractivity contribution in [3.05, 3.63) is 64.6 Å². The molecule has 0 aliphatic heterocycles. The highest BCUT2D eigenvalue weighted by Crippen LogP contribution is 2.27. The normalized spacial score (nSPS) is 11.4. The Labute approximate surface area is 169 Å². The summed E-state index contributed by atoms with van der Waals surface area (Å²) in [5.41, 5.74) is 1.56. The molecule has 6 nitrogen and oxygen atoms in total. The van der Waals surface area contributed by atoms with Crippen LogP contribution in [-0.2, 0) is 0 Å². The number of carbonyl (C=O) groups excluding carboxylic acids is 1. The molecule has 3 aromatic rings. The lowest BCUT2D eigenvalue weighted by Crippen LogP contribution is -2.21. The van der Waals surface area contributed by atoms with Crippen LogP contribution in [0.5, 0.6) is 5.75 Å². The second-order valence-electron chi connectivity index (χ2n) is 6.19. The molecule has 1 N–H and O–H groups in total. The molecule has 0 atom stereocenters. The van der Waals surface area contributed by atoms with Gasteiger partial charge in [0.2, 0.25) is 0 Å². The summed E-state index contributed by atoms with van der Waals surface area (Å²) in [6, 6.07) is 10.8. The van der Waals surface area contributed by atoms with Gasteiger partial charge in [0.1, 0.15) is 11.4 Å². The average Bonchev–Trinajstić information content (AvgIpc) is 2.99. The molecule has 3 rings (SSSR count). The molecule has 152 valence electrons. The van der Waals surface area contributed by atoms with Gasteiger partial charge in [-0.1, -0.05) is 23.7 Å². The summed E-state index contributed by atoms with van der Waals surface area (Å²) in [5, 5.41) is 6.89.